The van der Waals surface area contributed by atoms with E-state index in [9.17, 15) is 9.59 Å². The monoisotopic (exact) mass is 547 g/mol. The Morgan fingerprint density at radius 3 is 2.31 bits per heavy atom. The second-order valence-corrected chi connectivity index (χ2v) is 9.77. The molecule has 0 bridgehead atoms. The van der Waals surface area contributed by atoms with E-state index < -0.39 is 5.91 Å². The molecule has 1 aliphatic heterocycles. The molecule has 35 heavy (non-hydrogen) atoms. The van der Waals surface area contributed by atoms with Crippen molar-refractivity contribution >= 4 is 63.8 Å². The van der Waals surface area contributed by atoms with Gasteiger partial charge in [-0.3, -0.25) is 14.5 Å². The molecule has 0 saturated carbocycles. The molecule has 0 spiro atoms. The van der Waals surface area contributed by atoms with Crippen LogP contribution in [0.2, 0.25) is 15.1 Å². The Bertz CT molecular complexity index is 1270. The summed E-state index contributed by atoms with van der Waals surface area (Å²) < 4.78 is 11.7. The fourth-order valence-electron chi connectivity index (χ4n) is 3.37. The Morgan fingerprint density at radius 2 is 1.63 bits per heavy atom. The molecule has 0 unspecified atom stereocenters. The SMILES string of the molecule is CCOc1cc(/C=C2/SC(=O)N(Cc3c(Cl)cccc3Cl)C2=O)ccc1OCc1ccc(Cl)cc1. The summed E-state index contributed by atoms with van der Waals surface area (Å²) in [5.74, 6) is 0.703. The van der Waals surface area contributed by atoms with Gasteiger partial charge < -0.3 is 9.47 Å². The van der Waals surface area contributed by atoms with Gasteiger partial charge in [0, 0.05) is 20.6 Å². The van der Waals surface area contributed by atoms with Crippen molar-refractivity contribution in [2.45, 2.75) is 20.1 Å². The average Bonchev–Trinajstić information content (AvgIpc) is 3.09. The quantitative estimate of drug-likeness (QED) is 0.268. The zero-order valence-electron chi connectivity index (χ0n) is 18.6. The topological polar surface area (TPSA) is 55.8 Å². The molecule has 9 heteroatoms. The number of amides is 2. The summed E-state index contributed by atoms with van der Waals surface area (Å²) in [6.45, 7) is 2.67. The molecule has 5 nitrogen and oxygen atoms in total. The summed E-state index contributed by atoms with van der Waals surface area (Å²) >= 11 is 19.2. The number of benzene rings is 3. The lowest BCUT2D eigenvalue weighted by atomic mass is 10.1. The molecule has 1 saturated heterocycles. The fraction of sp³-hybridized carbons (Fsp3) is 0.154. The van der Waals surface area contributed by atoms with Crippen LogP contribution in [-0.2, 0) is 17.9 Å². The van der Waals surface area contributed by atoms with Crippen molar-refractivity contribution in [2.75, 3.05) is 6.61 Å². The number of carbonyl (C=O) groups excluding carboxylic acids is 2. The van der Waals surface area contributed by atoms with E-state index >= 15 is 0 Å². The predicted octanol–water partition coefficient (Wildman–Crippen LogP) is 7.86. The van der Waals surface area contributed by atoms with Gasteiger partial charge in [-0.25, -0.2) is 0 Å². The van der Waals surface area contributed by atoms with Gasteiger partial charge >= 0.3 is 0 Å². The molecule has 1 fully saturated rings. The lowest BCUT2D eigenvalue weighted by molar-refractivity contribution is -0.123. The van der Waals surface area contributed by atoms with Gasteiger partial charge in [-0.15, -0.1) is 0 Å². The number of halogens is 3. The molecule has 4 rings (SSSR count). The number of carbonyl (C=O) groups is 2. The fourth-order valence-corrected chi connectivity index (χ4v) is 4.85. The molecule has 180 valence electrons. The Balaban J connectivity index is 1.52. The zero-order chi connectivity index (χ0) is 24.9. The number of thioether (sulfide) groups is 1. The number of nitrogens with zero attached hydrogens (tertiary/aromatic N) is 1. The van der Waals surface area contributed by atoms with Crippen molar-refractivity contribution in [3.63, 3.8) is 0 Å². The molecule has 2 amide bonds. The first kappa shape index (κ1) is 25.5. The van der Waals surface area contributed by atoms with Gasteiger partial charge in [0.15, 0.2) is 11.5 Å². The van der Waals surface area contributed by atoms with E-state index in [4.69, 9.17) is 44.3 Å². The Morgan fingerprint density at radius 1 is 0.914 bits per heavy atom. The van der Waals surface area contributed by atoms with Crippen molar-refractivity contribution in [3.05, 3.63) is 97.3 Å². The third-order valence-corrected chi connectivity index (χ3v) is 6.99. The first-order valence-corrected chi connectivity index (χ1v) is 12.6. The number of rotatable bonds is 8. The van der Waals surface area contributed by atoms with E-state index in [0.29, 0.717) is 55.8 Å². The highest BCUT2D eigenvalue weighted by atomic mass is 35.5. The molecule has 0 N–H and O–H groups in total. The van der Waals surface area contributed by atoms with Crippen LogP contribution in [-0.4, -0.2) is 22.7 Å². The van der Waals surface area contributed by atoms with Crippen LogP contribution in [0, 0.1) is 0 Å². The van der Waals surface area contributed by atoms with Crippen LogP contribution >= 0.6 is 46.6 Å². The molecular weight excluding hydrogens is 529 g/mol. The lowest BCUT2D eigenvalue weighted by Crippen LogP contribution is -2.27. The molecule has 3 aromatic rings. The largest absolute Gasteiger partial charge is 0.490 e. The number of ether oxygens (including phenoxy) is 2. The normalized spacial score (nSPS) is 14.6. The van der Waals surface area contributed by atoms with E-state index in [0.717, 1.165) is 22.2 Å². The molecule has 1 aliphatic rings. The molecule has 0 radical (unpaired) electrons. The van der Waals surface area contributed by atoms with Gasteiger partial charge in [0.2, 0.25) is 0 Å². The highest BCUT2D eigenvalue weighted by Crippen LogP contribution is 2.37. The van der Waals surface area contributed by atoms with Crippen molar-refractivity contribution in [2.24, 2.45) is 0 Å². The van der Waals surface area contributed by atoms with Crippen LogP contribution in [0.25, 0.3) is 6.08 Å². The van der Waals surface area contributed by atoms with Gasteiger partial charge in [-0.05, 0) is 72.3 Å². The molecule has 0 aliphatic carbocycles. The minimum Gasteiger partial charge on any atom is -0.490 e. The maximum atomic E-state index is 13.0. The summed E-state index contributed by atoms with van der Waals surface area (Å²) in [5.41, 5.74) is 2.20. The van der Waals surface area contributed by atoms with Crippen molar-refractivity contribution in [1.82, 2.24) is 4.90 Å². The van der Waals surface area contributed by atoms with Crippen LogP contribution in [0.4, 0.5) is 4.79 Å². The van der Waals surface area contributed by atoms with Gasteiger partial charge in [0.25, 0.3) is 11.1 Å². The van der Waals surface area contributed by atoms with Gasteiger partial charge in [-0.2, -0.15) is 0 Å². The maximum Gasteiger partial charge on any atom is 0.293 e. The predicted molar refractivity (Wildman–Crippen MR) is 141 cm³/mol. The number of hydrogen-bond acceptors (Lipinski definition) is 5. The van der Waals surface area contributed by atoms with Crippen LogP contribution in [0.3, 0.4) is 0 Å². The van der Waals surface area contributed by atoms with Gasteiger partial charge in [0.1, 0.15) is 6.61 Å². The molecule has 3 aromatic carbocycles. The minimum absolute atomic E-state index is 0.00217. The number of hydrogen-bond donors (Lipinski definition) is 0. The molecule has 1 heterocycles. The standard InChI is InChI=1S/C26H20Cl3NO4S/c1-2-33-23-12-17(8-11-22(23)34-15-16-6-9-18(27)10-7-16)13-24-25(31)30(26(32)35-24)14-19-20(28)4-3-5-21(19)29/h3-13H,2,14-15H2,1H3/b24-13+. The zero-order valence-corrected chi connectivity index (χ0v) is 21.7. The van der Waals surface area contributed by atoms with Gasteiger partial charge in [-0.1, -0.05) is 59.1 Å². The number of imide groups is 1. The first-order chi connectivity index (χ1) is 16.9. The van der Waals surface area contributed by atoms with E-state index in [1.165, 1.54) is 0 Å². The van der Waals surface area contributed by atoms with Crippen LogP contribution < -0.4 is 9.47 Å². The third-order valence-electron chi connectivity index (χ3n) is 5.12. The highest BCUT2D eigenvalue weighted by Gasteiger charge is 2.35. The first-order valence-electron chi connectivity index (χ1n) is 10.7. The Labute approximate surface area is 222 Å². The van der Waals surface area contributed by atoms with E-state index in [-0.39, 0.29) is 11.8 Å². The van der Waals surface area contributed by atoms with Crippen LogP contribution in [0.1, 0.15) is 23.6 Å². The Kier molecular flexibility index (Phi) is 8.29. The summed E-state index contributed by atoms with van der Waals surface area (Å²) in [6.07, 6.45) is 1.66. The smallest absolute Gasteiger partial charge is 0.293 e. The third kappa shape index (κ3) is 6.14. The summed E-state index contributed by atoms with van der Waals surface area (Å²) in [6, 6.07) is 17.8. The Hall–Kier alpha value is -2.64. The highest BCUT2D eigenvalue weighted by molar-refractivity contribution is 8.18. The molecule has 0 atom stereocenters. The van der Waals surface area contributed by atoms with E-state index in [1.807, 2.05) is 19.1 Å². The molecule has 0 aromatic heterocycles. The second-order valence-electron chi connectivity index (χ2n) is 7.52. The van der Waals surface area contributed by atoms with Crippen LogP contribution in [0.15, 0.2) is 65.6 Å². The van der Waals surface area contributed by atoms with E-state index in [2.05, 4.69) is 0 Å². The van der Waals surface area contributed by atoms with Crippen LogP contribution in [0.5, 0.6) is 11.5 Å². The van der Waals surface area contributed by atoms with Crippen molar-refractivity contribution in [3.8, 4) is 11.5 Å². The summed E-state index contributed by atoms with van der Waals surface area (Å²) in [7, 11) is 0. The summed E-state index contributed by atoms with van der Waals surface area (Å²) in [4.78, 5) is 27.0. The molecular formula is C26H20Cl3NO4S. The van der Waals surface area contributed by atoms with Crippen molar-refractivity contribution < 1.29 is 19.1 Å². The van der Waals surface area contributed by atoms with Crippen molar-refractivity contribution in [1.29, 1.82) is 0 Å². The summed E-state index contributed by atoms with van der Waals surface area (Å²) in [5, 5.41) is 1.07. The average molecular weight is 549 g/mol. The second kappa shape index (κ2) is 11.4. The van der Waals surface area contributed by atoms with E-state index in [1.54, 1.807) is 54.6 Å². The minimum atomic E-state index is -0.406. The maximum absolute atomic E-state index is 13.0. The lowest BCUT2D eigenvalue weighted by Gasteiger charge is -2.15. The van der Waals surface area contributed by atoms with Gasteiger partial charge in [0.05, 0.1) is 18.1 Å².